The lowest BCUT2D eigenvalue weighted by atomic mass is 10.2. The third kappa shape index (κ3) is 2.48. The number of nitrogens with zero attached hydrogens (tertiary/aromatic N) is 1. The first-order valence-corrected chi connectivity index (χ1v) is 9.09. The first kappa shape index (κ1) is 15.9. The highest BCUT2D eigenvalue weighted by Crippen LogP contribution is 2.42. The van der Waals surface area contributed by atoms with E-state index in [-0.39, 0.29) is 20.5 Å². The molecule has 0 atom stereocenters. The number of likely N-dealkylation sites (N-methyl/N-ethyl adjacent to an activating group) is 1. The van der Waals surface area contributed by atoms with Crippen molar-refractivity contribution in [2.24, 2.45) is 0 Å². The van der Waals surface area contributed by atoms with Gasteiger partial charge in [-0.15, -0.1) is 11.3 Å². The molecule has 0 spiro atoms. The Hall–Kier alpha value is -2.03. The second-order valence-electron chi connectivity index (χ2n) is 4.74. The zero-order chi connectivity index (χ0) is 16.8. The van der Waals surface area contributed by atoms with Crippen LogP contribution in [0.5, 0.6) is 0 Å². The minimum absolute atomic E-state index is 0.0383. The van der Waals surface area contributed by atoms with Gasteiger partial charge in [0.15, 0.2) is 11.5 Å². The lowest BCUT2D eigenvalue weighted by Gasteiger charge is -2.27. The molecule has 1 aliphatic heterocycles. The van der Waals surface area contributed by atoms with Crippen LogP contribution in [0.4, 0.5) is 5.69 Å². The van der Waals surface area contributed by atoms with Crippen LogP contribution in [0.2, 0.25) is 4.34 Å². The summed E-state index contributed by atoms with van der Waals surface area (Å²) in [5.41, 5.74) is 0.171. The number of rotatable bonds is 2. The number of para-hydroxylation sites is 1. The zero-order valence-electron chi connectivity index (χ0n) is 11.8. The van der Waals surface area contributed by atoms with E-state index in [0.717, 1.165) is 15.6 Å². The minimum atomic E-state index is -3.99. The van der Waals surface area contributed by atoms with Crippen LogP contribution in [0.3, 0.4) is 0 Å². The number of sulfonamides is 1. The normalized spacial score (nSPS) is 16.2. The standard InChI is InChI=1S/C14H11ClN2O4S2/c1-17-10(14(19)16-8-5-3-2-4-6-8)11(18)9-7-22-13(15)12(9)23(17,20)21/h2-7,18H,1H3,(H,16,19). The number of hydrogen-bond acceptors (Lipinski definition) is 5. The fraction of sp³-hybridized carbons (Fsp3) is 0.0714. The maximum Gasteiger partial charge on any atom is 0.276 e. The summed E-state index contributed by atoms with van der Waals surface area (Å²) < 4.78 is 25.8. The van der Waals surface area contributed by atoms with Crippen LogP contribution in [0.25, 0.3) is 5.76 Å². The first-order chi connectivity index (χ1) is 10.8. The van der Waals surface area contributed by atoms with Crippen molar-refractivity contribution in [3.05, 3.63) is 51.3 Å². The summed E-state index contributed by atoms with van der Waals surface area (Å²) >= 11 is 6.89. The average Bonchev–Trinajstić information content (AvgIpc) is 2.90. The van der Waals surface area contributed by atoms with Gasteiger partial charge in [0, 0.05) is 18.1 Å². The molecule has 0 unspecified atom stereocenters. The molecule has 23 heavy (non-hydrogen) atoms. The third-order valence-electron chi connectivity index (χ3n) is 3.36. The summed E-state index contributed by atoms with van der Waals surface area (Å²) in [4.78, 5) is 12.2. The number of anilines is 1. The molecule has 0 radical (unpaired) electrons. The number of aliphatic hydroxyl groups is 1. The van der Waals surface area contributed by atoms with Gasteiger partial charge in [0.2, 0.25) is 0 Å². The average molecular weight is 371 g/mol. The maximum absolute atomic E-state index is 12.5. The second kappa shape index (κ2) is 5.55. The highest BCUT2D eigenvalue weighted by molar-refractivity contribution is 7.89. The number of hydrogen-bond donors (Lipinski definition) is 2. The summed E-state index contributed by atoms with van der Waals surface area (Å²) in [6.07, 6.45) is 0. The molecule has 0 aliphatic carbocycles. The van der Waals surface area contributed by atoms with E-state index in [1.165, 1.54) is 12.4 Å². The van der Waals surface area contributed by atoms with Gasteiger partial charge < -0.3 is 10.4 Å². The molecular formula is C14H11ClN2O4S2. The fourth-order valence-corrected chi connectivity index (χ4v) is 5.27. The second-order valence-corrected chi connectivity index (χ2v) is 8.13. The van der Waals surface area contributed by atoms with Crippen molar-refractivity contribution in [2.75, 3.05) is 12.4 Å². The molecule has 0 saturated carbocycles. The molecule has 0 bridgehead atoms. The summed E-state index contributed by atoms with van der Waals surface area (Å²) in [6, 6.07) is 8.53. The zero-order valence-corrected chi connectivity index (χ0v) is 14.2. The highest BCUT2D eigenvalue weighted by Gasteiger charge is 2.40. The molecule has 2 aromatic rings. The van der Waals surface area contributed by atoms with Crippen molar-refractivity contribution < 1.29 is 18.3 Å². The van der Waals surface area contributed by atoms with E-state index in [1.54, 1.807) is 30.3 Å². The Morgan fingerprint density at radius 3 is 2.61 bits per heavy atom. The number of fused-ring (bicyclic) bond motifs is 1. The third-order valence-corrected chi connectivity index (χ3v) is 6.67. The Kier molecular flexibility index (Phi) is 3.83. The molecule has 3 rings (SSSR count). The van der Waals surface area contributed by atoms with Crippen molar-refractivity contribution in [2.45, 2.75) is 4.90 Å². The van der Waals surface area contributed by atoms with Gasteiger partial charge in [-0.1, -0.05) is 29.8 Å². The fourth-order valence-electron chi connectivity index (χ4n) is 2.22. The van der Waals surface area contributed by atoms with Crippen LogP contribution >= 0.6 is 22.9 Å². The summed E-state index contributed by atoms with van der Waals surface area (Å²) in [5.74, 6) is -1.15. The van der Waals surface area contributed by atoms with Gasteiger partial charge in [-0.05, 0) is 12.1 Å². The smallest absolute Gasteiger partial charge is 0.276 e. The predicted octanol–water partition coefficient (Wildman–Crippen LogP) is 2.90. The SMILES string of the molecule is CN1C(C(=O)Nc2ccccc2)=C(O)c2csc(Cl)c2S1(=O)=O. The van der Waals surface area contributed by atoms with E-state index >= 15 is 0 Å². The number of thiophene rings is 1. The van der Waals surface area contributed by atoms with Crippen LogP contribution in [-0.4, -0.2) is 30.8 Å². The molecule has 6 nitrogen and oxygen atoms in total. The van der Waals surface area contributed by atoms with Crippen LogP contribution in [0.1, 0.15) is 5.56 Å². The molecule has 1 aromatic carbocycles. The Bertz CT molecular complexity index is 920. The quantitative estimate of drug-likeness (QED) is 0.850. The summed E-state index contributed by atoms with van der Waals surface area (Å²) in [7, 11) is -2.80. The van der Waals surface area contributed by atoms with Crippen molar-refractivity contribution in [1.82, 2.24) is 4.31 Å². The van der Waals surface area contributed by atoms with Gasteiger partial charge in [0.1, 0.15) is 9.23 Å². The van der Waals surface area contributed by atoms with Crippen molar-refractivity contribution >= 4 is 50.3 Å². The van der Waals surface area contributed by atoms with Gasteiger partial charge in [0.25, 0.3) is 15.9 Å². The van der Waals surface area contributed by atoms with Crippen LogP contribution in [0.15, 0.2) is 46.3 Å². The topological polar surface area (TPSA) is 86.7 Å². The van der Waals surface area contributed by atoms with E-state index in [2.05, 4.69) is 5.32 Å². The molecule has 1 aliphatic rings. The Labute approximate surface area is 141 Å². The Morgan fingerprint density at radius 1 is 1.30 bits per heavy atom. The van der Waals surface area contributed by atoms with Gasteiger partial charge in [-0.25, -0.2) is 8.42 Å². The van der Waals surface area contributed by atoms with Gasteiger partial charge in [-0.2, -0.15) is 0 Å². The summed E-state index contributed by atoms with van der Waals surface area (Å²) in [6.45, 7) is 0. The number of nitrogens with one attached hydrogen (secondary N) is 1. The van der Waals surface area contributed by atoms with E-state index in [0.29, 0.717) is 5.69 Å². The molecule has 1 aromatic heterocycles. The van der Waals surface area contributed by atoms with E-state index in [9.17, 15) is 18.3 Å². The summed E-state index contributed by atoms with van der Waals surface area (Å²) in [5, 5.41) is 14.3. The number of carbonyl (C=O) groups excluding carboxylic acids is 1. The van der Waals surface area contributed by atoms with Crippen molar-refractivity contribution in [3.63, 3.8) is 0 Å². The predicted molar refractivity (Wildman–Crippen MR) is 88.9 cm³/mol. The van der Waals surface area contributed by atoms with Gasteiger partial charge >= 0.3 is 0 Å². The monoisotopic (exact) mass is 370 g/mol. The molecular weight excluding hydrogens is 360 g/mol. The molecule has 2 N–H and O–H groups in total. The number of carbonyl (C=O) groups is 1. The first-order valence-electron chi connectivity index (χ1n) is 6.40. The maximum atomic E-state index is 12.5. The van der Waals surface area contributed by atoms with E-state index < -0.39 is 21.7 Å². The molecule has 0 saturated heterocycles. The lowest BCUT2D eigenvalue weighted by molar-refractivity contribution is -0.113. The molecule has 1 amide bonds. The van der Waals surface area contributed by atoms with Gasteiger partial charge in [0.05, 0.1) is 5.56 Å². The lowest BCUT2D eigenvalue weighted by Crippen LogP contribution is -2.36. The number of aliphatic hydroxyl groups excluding tert-OH is 1. The number of halogens is 1. The Balaban J connectivity index is 2.10. The van der Waals surface area contributed by atoms with Crippen molar-refractivity contribution in [1.29, 1.82) is 0 Å². The molecule has 2 heterocycles. The van der Waals surface area contributed by atoms with Crippen molar-refractivity contribution in [3.8, 4) is 0 Å². The minimum Gasteiger partial charge on any atom is -0.505 e. The molecule has 120 valence electrons. The Morgan fingerprint density at radius 2 is 1.96 bits per heavy atom. The van der Waals surface area contributed by atoms with Crippen LogP contribution < -0.4 is 5.32 Å². The largest absolute Gasteiger partial charge is 0.505 e. The molecule has 9 heteroatoms. The highest BCUT2D eigenvalue weighted by atomic mass is 35.5. The van der Waals surface area contributed by atoms with Crippen LogP contribution in [0, 0.1) is 0 Å². The number of benzene rings is 1. The molecule has 0 fully saturated rings. The van der Waals surface area contributed by atoms with Crippen LogP contribution in [-0.2, 0) is 14.8 Å². The number of amides is 1. The van der Waals surface area contributed by atoms with E-state index in [1.807, 2.05) is 0 Å². The van der Waals surface area contributed by atoms with E-state index in [4.69, 9.17) is 11.6 Å². The van der Waals surface area contributed by atoms with Gasteiger partial charge in [-0.3, -0.25) is 9.10 Å².